The number of carbonyl (C=O) groups is 1. The molecular weight excluding hydrogens is 664 g/mol. The van der Waals surface area contributed by atoms with Gasteiger partial charge in [-0.2, -0.15) is 0 Å². The second-order valence-corrected chi connectivity index (χ2v) is 14.1. The Labute approximate surface area is 298 Å². The third-order valence-corrected chi connectivity index (χ3v) is 10.5. The van der Waals surface area contributed by atoms with Gasteiger partial charge in [0.1, 0.15) is 23.0 Å². The van der Waals surface area contributed by atoms with Crippen LogP contribution in [0, 0.1) is 24.5 Å². The van der Waals surface area contributed by atoms with E-state index in [1.807, 2.05) is 19.1 Å². The SMILES string of the molecule is Cc1cc(-c2ccc(CN3CCNCC3)cc2)cc(-n2c(=O)n(C3CCC(CC(=O)c4cn5cc(F)ccc5n4)CC3)c(=O)c3cc(F)cnc32)c1. The zero-order valence-electron chi connectivity index (χ0n) is 28.9. The van der Waals surface area contributed by atoms with Crippen molar-refractivity contribution in [3.05, 3.63) is 129 Å². The van der Waals surface area contributed by atoms with Gasteiger partial charge in [0.15, 0.2) is 11.4 Å². The van der Waals surface area contributed by atoms with Gasteiger partial charge >= 0.3 is 5.69 Å². The van der Waals surface area contributed by atoms with Crippen molar-refractivity contribution < 1.29 is 13.6 Å². The summed E-state index contributed by atoms with van der Waals surface area (Å²) >= 11 is 0. The van der Waals surface area contributed by atoms with Crippen molar-refractivity contribution in [1.82, 2.24) is 33.7 Å². The van der Waals surface area contributed by atoms with Crippen molar-refractivity contribution in [2.75, 3.05) is 26.2 Å². The molecule has 1 aliphatic heterocycles. The Kier molecular flexibility index (Phi) is 9.10. The summed E-state index contributed by atoms with van der Waals surface area (Å²) in [4.78, 5) is 52.5. The largest absolute Gasteiger partial charge is 0.337 e. The number of aryl methyl sites for hydroxylation is 1. The molecule has 1 aliphatic carbocycles. The van der Waals surface area contributed by atoms with Crippen LogP contribution >= 0.6 is 0 Å². The summed E-state index contributed by atoms with van der Waals surface area (Å²) in [5, 5.41) is 3.41. The number of imidazole rings is 1. The molecule has 0 bridgehead atoms. The molecule has 2 aliphatic rings. The third-order valence-electron chi connectivity index (χ3n) is 10.5. The van der Waals surface area contributed by atoms with E-state index in [0.717, 1.165) is 61.7 Å². The maximum absolute atomic E-state index is 14.6. The maximum atomic E-state index is 14.6. The first-order chi connectivity index (χ1) is 25.2. The molecule has 8 rings (SSSR count). The molecule has 0 atom stereocenters. The number of Topliss-reactive ketones (excluding diaryl/α,β-unsaturated/α-hetero) is 1. The zero-order valence-corrected chi connectivity index (χ0v) is 28.9. The van der Waals surface area contributed by atoms with Gasteiger partial charge in [0.25, 0.3) is 5.56 Å². The van der Waals surface area contributed by atoms with Crippen molar-refractivity contribution in [2.24, 2.45) is 5.92 Å². The fourth-order valence-corrected chi connectivity index (χ4v) is 7.80. The molecule has 0 unspecified atom stereocenters. The number of nitrogens with zero attached hydrogens (tertiary/aromatic N) is 6. The van der Waals surface area contributed by atoms with E-state index in [2.05, 4.69) is 50.5 Å². The van der Waals surface area contributed by atoms with Crippen molar-refractivity contribution in [2.45, 2.75) is 51.6 Å². The minimum Gasteiger partial charge on any atom is -0.314 e. The summed E-state index contributed by atoms with van der Waals surface area (Å²) < 4.78 is 32.4. The molecule has 2 aromatic carbocycles. The summed E-state index contributed by atoms with van der Waals surface area (Å²) in [6.45, 7) is 6.85. The number of fused-ring (bicyclic) bond motifs is 2. The molecule has 6 aromatic rings. The third kappa shape index (κ3) is 6.71. The lowest BCUT2D eigenvalue weighted by Gasteiger charge is -2.29. The van der Waals surface area contributed by atoms with Crippen LogP contribution < -0.4 is 16.6 Å². The number of carbonyl (C=O) groups excluding carboxylic acids is 1. The van der Waals surface area contributed by atoms with Gasteiger partial charge in [-0.1, -0.05) is 30.3 Å². The Morgan fingerprint density at radius 3 is 2.42 bits per heavy atom. The molecule has 5 heterocycles. The molecule has 52 heavy (non-hydrogen) atoms. The Morgan fingerprint density at radius 2 is 1.65 bits per heavy atom. The molecule has 266 valence electrons. The van der Waals surface area contributed by atoms with Gasteiger partial charge < -0.3 is 9.72 Å². The van der Waals surface area contributed by atoms with E-state index in [-0.39, 0.29) is 34.8 Å². The predicted molar refractivity (Wildman–Crippen MR) is 195 cm³/mol. The molecule has 0 amide bonds. The van der Waals surface area contributed by atoms with Crippen LogP contribution in [0.3, 0.4) is 0 Å². The normalized spacial score (nSPS) is 18.3. The summed E-state index contributed by atoms with van der Waals surface area (Å²) in [7, 11) is 0. The Morgan fingerprint density at radius 1 is 0.885 bits per heavy atom. The van der Waals surface area contributed by atoms with E-state index in [1.165, 1.54) is 43.6 Å². The summed E-state index contributed by atoms with van der Waals surface area (Å²) in [6, 6.07) is 17.8. The first-order valence-corrected chi connectivity index (χ1v) is 17.8. The number of benzene rings is 2. The van der Waals surface area contributed by atoms with Gasteiger partial charge in [0, 0.05) is 57.6 Å². The number of pyridine rings is 2. The highest BCUT2D eigenvalue weighted by atomic mass is 19.1. The molecule has 0 spiro atoms. The number of aromatic nitrogens is 5. The number of hydrogen-bond acceptors (Lipinski definition) is 7. The number of hydrogen-bond donors (Lipinski definition) is 1. The van der Waals surface area contributed by atoms with Crippen LogP contribution in [0.5, 0.6) is 0 Å². The quantitative estimate of drug-likeness (QED) is 0.198. The van der Waals surface area contributed by atoms with E-state index < -0.39 is 28.9 Å². The highest BCUT2D eigenvalue weighted by Crippen LogP contribution is 2.34. The summed E-state index contributed by atoms with van der Waals surface area (Å²) in [5.41, 5.74) is 4.33. The smallest absolute Gasteiger partial charge is 0.314 e. The highest BCUT2D eigenvalue weighted by molar-refractivity contribution is 5.95. The van der Waals surface area contributed by atoms with E-state index in [0.29, 0.717) is 37.0 Å². The zero-order chi connectivity index (χ0) is 35.9. The standard InChI is InChI=1S/C40H39F2N7O3/c1-25-16-29(28-6-2-27(3-7-28)22-46-14-12-43-13-15-46)19-33(17-25)48-38-34(20-31(42)21-44-38)39(51)49(40(48)52)32-9-4-26(5-10-32)18-36(50)35-24-47-23-30(41)8-11-37(47)45-35/h2-3,6-8,11,16-17,19-21,23-24,26,32,43H,4-5,9-10,12-15,18,22H2,1H3. The number of rotatable bonds is 8. The van der Waals surface area contributed by atoms with Gasteiger partial charge in [-0.3, -0.25) is 19.1 Å². The first-order valence-electron chi connectivity index (χ1n) is 17.8. The minimum absolute atomic E-state index is 0.0282. The molecule has 1 saturated carbocycles. The van der Waals surface area contributed by atoms with Crippen LogP contribution in [0.1, 0.15) is 59.8 Å². The molecule has 1 saturated heterocycles. The second-order valence-electron chi connectivity index (χ2n) is 14.1. The van der Waals surface area contributed by atoms with Gasteiger partial charge in [0.05, 0.1) is 17.3 Å². The highest BCUT2D eigenvalue weighted by Gasteiger charge is 2.29. The average molecular weight is 704 g/mol. The van der Waals surface area contributed by atoms with Gasteiger partial charge in [-0.15, -0.1) is 0 Å². The average Bonchev–Trinajstić information content (AvgIpc) is 3.57. The van der Waals surface area contributed by atoms with Crippen LogP contribution in [0.4, 0.5) is 8.78 Å². The first kappa shape index (κ1) is 33.8. The fourth-order valence-electron chi connectivity index (χ4n) is 7.80. The van der Waals surface area contributed by atoms with Crippen molar-refractivity contribution >= 4 is 22.5 Å². The van der Waals surface area contributed by atoms with Crippen LogP contribution in [0.25, 0.3) is 33.5 Å². The number of ketones is 1. The van der Waals surface area contributed by atoms with Gasteiger partial charge in [-0.25, -0.2) is 28.1 Å². The van der Waals surface area contributed by atoms with Gasteiger partial charge in [0.2, 0.25) is 0 Å². The summed E-state index contributed by atoms with van der Waals surface area (Å²) in [5.74, 6) is -1.18. The van der Waals surface area contributed by atoms with Gasteiger partial charge in [-0.05, 0) is 91.1 Å². The summed E-state index contributed by atoms with van der Waals surface area (Å²) in [6.07, 6.45) is 6.33. The number of nitrogens with one attached hydrogen (secondary N) is 1. The van der Waals surface area contributed by atoms with Crippen LogP contribution in [0.15, 0.2) is 88.8 Å². The lowest BCUT2D eigenvalue weighted by Crippen LogP contribution is -2.43. The van der Waals surface area contributed by atoms with E-state index in [9.17, 15) is 23.2 Å². The van der Waals surface area contributed by atoms with Crippen LogP contribution in [0.2, 0.25) is 0 Å². The molecule has 4 aromatic heterocycles. The Bertz CT molecular complexity index is 2420. The number of piperazine rings is 1. The lowest BCUT2D eigenvalue weighted by atomic mass is 9.82. The molecular formula is C40H39F2N7O3. The van der Waals surface area contributed by atoms with E-state index >= 15 is 0 Å². The van der Waals surface area contributed by atoms with Crippen LogP contribution in [-0.2, 0) is 6.54 Å². The van der Waals surface area contributed by atoms with E-state index in [4.69, 9.17) is 0 Å². The van der Waals surface area contributed by atoms with Crippen LogP contribution in [-0.4, -0.2) is 60.4 Å². The number of halogens is 2. The molecule has 0 radical (unpaired) electrons. The van der Waals surface area contributed by atoms with Crippen molar-refractivity contribution in [1.29, 1.82) is 0 Å². The van der Waals surface area contributed by atoms with Crippen molar-refractivity contribution in [3.8, 4) is 16.8 Å². The Hall–Kier alpha value is -5.33. The molecule has 1 N–H and O–H groups in total. The minimum atomic E-state index is -0.663. The topological polar surface area (TPSA) is 107 Å². The predicted octanol–water partition coefficient (Wildman–Crippen LogP) is 5.86. The van der Waals surface area contributed by atoms with E-state index in [1.54, 1.807) is 0 Å². The monoisotopic (exact) mass is 703 g/mol. The molecule has 12 heteroatoms. The van der Waals surface area contributed by atoms with Crippen molar-refractivity contribution in [3.63, 3.8) is 0 Å². The second kappa shape index (κ2) is 14.0. The lowest BCUT2D eigenvalue weighted by molar-refractivity contribution is 0.0938. The molecule has 10 nitrogen and oxygen atoms in total. The molecule has 2 fully saturated rings. The fraction of sp³-hybridized carbons (Fsp3) is 0.325. The Balaban J connectivity index is 1.07. The maximum Gasteiger partial charge on any atom is 0.337 e.